The molecule has 0 saturated carbocycles. The van der Waals surface area contributed by atoms with Gasteiger partial charge < -0.3 is 15.7 Å². The molecule has 0 unspecified atom stereocenters. The maximum atomic E-state index is 12.0. The molecule has 0 atom stereocenters. The minimum atomic E-state index is -0.348. The zero-order valence-electron chi connectivity index (χ0n) is 13.9. The molecule has 0 saturated heterocycles. The van der Waals surface area contributed by atoms with Gasteiger partial charge in [0.25, 0.3) is 0 Å². The van der Waals surface area contributed by atoms with Crippen molar-refractivity contribution in [3.8, 4) is 0 Å². The molecule has 2 amide bonds. The van der Waals surface area contributed by atoms with Crippen LogP contribution < -0.4 is 10.6 Å². The van der Waals surface area contributed by atoms with Crippen molar-refractivity contribution in [1.82, 2.24) is 19.6 Å². The van der Waals surface area contributed by atoms with Gasteiger partial charge >= 0.3 is 6.03 Å². The van der Waals surface area contributed by atoms with E-state index in [2.05, 4.69) is 20.8 Å². The van der Waals surface area contributed by atoms with E-state index in [0.717, 1.165) is 11.1 Å². The third-order valence-corrected chi connectivity index (χ3v) is 3.54. The Kier molecular flexibility index (Phi) is 5.10. The second kappa shape index (κ2) is 7.63. The van der Waals surface area contributed by atoms with Crippen LogP contribution in [0.25, 0.3) is 0 Å². The first kappa shape index (κ1) is 16.7. The summed E-state index contributed by atoms with van der Waals surface area (Å²) in [5.41, 5.74) is 3.48. The maximum absolute atomic E-state index is 12.0. The van der Waals surface area contributed by atoms with Gasteiger partial charge in [0.1, 0.15) is 0 Å². The lowest BCUT2D eigenvalue weighted by Gasteiger charge is -2.07. The molecule has 0 aliphatic carbocycles. The molecule has 3 rings (SSSR count). The average Bonchev–Trinajstić information content (AvgIpc) is 3.19. The van der Waals surface area contributed by atoms with Crippen LogP contribution in [0.2, 0.25) is 0 Å². The van der Waals surface area contributed by atoms with Crippen molar-refractivity contribution in [3.63, 3.8) is 0 Å². The minimum absolute atomic E-state index is 0.00222. The number of benzene rings is 1. The number of aliphatic hydroxyl groups is 1. The standard InChI is InChI=1S/C17H20N6O2/c1-13-8-18-23(10-13)11-14-2-4-15(5-3-14)20-17(25)21-16-9-19-22(12-16)6-7-24/h2-5,8-10,12,24H,6-7,11H2,1H3,(H2,20,21,25). The summed E-state index contributed by atoms with van der Waals surface area (Å²) in [6.45, 7) is 3.07. The van der Waals surface area contributed by atoms with Gasteiger partial charge in [0.05, 0.1) is 37.8 Å². The van der Waals surface area contributed by atoms with E-state index in [1.807, 2.05) is 48.3 Å². The summed E-state index contributed by atoms with van der Waals surface area (Å²) < 4.78 is 3.43. The molecule has 3 aromatic rings. The fourth-order valence-electron chi connectivity index (χ4n) is 2.38. The van der Waals surface area contributed by atoms with E-state index in [1.165, 1.54) is 6.20 Å². The third-order valence-electron chi connectivity index (χ3n) is 3.54. The SMILES string of the molecule is Cc1cnn(Cc2ccc(NC(=O)Nc3cnn(CCO)c3)cc2)c1. The number of carbonyl (C=O) groups is 1. The first-order valence-corrected chi connectivity index (χ1v) is 7.92. The summed E-state index contributed by atoms with van der Waals surface area (Å²) in [4.78, 5) is 12.0. The Morgan fingerprint density at radius 1 is 1.04 bits per heavy atom. The van der Waals surface area contributed by atoms with Gasteiger partial charge in [-0.2, -0.15) is 10.2 Å². The van der Waals surface area contributed by atoms with E-state index < -0.39 is 0 Å². The predicted octanol–water partition coefficient (Wildman–Crippen LogP) is 2.07. The highest BCUT2D eigenvalue weighted by Gasteiger charge is 2.05. The highest BCUT2D eigenvalue weighted by atomic mass is 16.3. The fourth-order valence-corrected chi connectivity index (χ4v) is 2.38. The summed E-state index contributed by atoms with van der Waals surface area (Å²) >= 11 is 0. The van der Waals surface area contributed by atoms with Crippen LogP contribution in [0.1, 0.15) is 11.1 Å². The summed E-state index contributed by atoms with van der Waals surface area (Å²) in [7, 11) is 0. The second-order valence-electron chi connectivity index (χ2n) is 5.71. The Morgan fingerprint density at radius 3 is 2.44 bits per heavy atom. The van der Waals surface area contributed by atoms with Gasteiger partial charge in [-0.25, -0.2) is 4.79 Å². The monoisotopic (exact) mass is 340 g/mol. The van der Waals surface area contributed by atoms with E-state index >= 15 is 0 Å². The quantitative estimate of drug-likeness (QED) is 0.640. The summed E-state index contributed by atoms with van der Waals surface area (Å²) in [5, 5.41) is 22.6. The highest BCUT2D eigenvalue weighted by molar-refractivity contribution is 5.99. The number of nitrogens with one attached hydrogen (secondary N) is 2. The number of anilines is 2. The molecule has 1 aromatic carbocycles. The number of carbonyl (C=O) groups excluding carboxylic acids is 1. The van der Waals surface area contributed by atoms with Crippen LogP contribution in [0.3, 0.4) is 0 Å². The highest BCUT2D eigenvalue weighted by Crippen LogP contribution is 2.12. The summed E-state index contributed by atoms with van der Waals surface area (Å²) in [6.07, 6.45) is 6.99. The molecule has 0 bridgehead atoms. The third kappa shape index (κ3) is 4.67. The number of aliphatic hydroxyl groups excluding tert-OH is 1. The number of aromatic nitrogens is 4. The van der Waals surface area contributed by atoms with Crippen molar-refractivity contribution >= 4 is 17.4 Å². The first-order valence-electron chi connectivity index (χ1n) is 7.92. The zero-order valence-corrected chi connectivity index (χ0v) is 13.9. The van der Waals surface area contributed by atoms with Gasteiger partial charge in [-0.1, -0.05) is 12.1 Å². The van der Waals surface area contributed by atoms with Crippen LogP contribution in [0.4, 0.5) is 16.2 Å². The van der Waals surface area contributed by atoms with Crippen molar-refractivity contribution < 1.29 is 9.90 Å². The van der Waals surface area contributed by atoms with Crippen molar-refractivity contribution in [2.75, 3.05) is 17.2 Å². The van der Waals surface area contributed by atoms with E-state index in [1.54, 1.807) is 10.9 Å². The molecule has 8 heteroatoms. The van der Waals surface area contributed by atoms with E-state index in [4.69, 9.17) is 5.11 Å². The second-order valence-corrected chi connectivity index (χ2v) is 5.71. The molecule has 0 aliphatic heterocycles. The normalized spacial score (nSPS) is 10.6. The molecule has 25 heavy (non-hydrogen) atoms. The van der Waals surface area contributed by atoms with Gasteiger partial charge in [-0.15, -0.1) is 0 Å². The van der Waals surface area contributed by atoms with Crippen LogP contribution >= 0.6 is 0 Å². The molecular weight excluding hydrogens is 320 g/mol. The van der Waals surface area contributed by atoms with E-state index in [-0.39, 0.29) is 12.6 Å². The van der Waals surface area contributed by atoms with Crippen molar-refractivity contribution in [2.45, 2.75) is 20.0 Å². The van der Waals surface area contributed by atoms with Crippen LogP contribution in [0, 0.1) is 6.92 Å². The number of nitrogens with zero attached hydrogens (tertiary/aromatic N) is 4. The van der Waals surface area contributed by atoms with Gasteiger partial charge in [-0.05, 0) is 30.2 Å². The molecule has 0 spiro atoms. The van der Waals surface area contributed by atoms with Gasteiger partial charge in [-0.3, -0.25) is 9.36 Å². The van der Waals surface area contributed by atoms with Gasteiger partial charge in [0.15, 0.2) is 0 Å². The molecule has 0 radical (unpaired) electrons. The Morgan fingerprint density at radius 2 is 1.76 bits per heavy atom. The number of amides is 2. The minimum Gasteiger partial charge on any atom is -0.394 e. The predicted molar refractivity (Wildman–Crippen MR) is 94.5 cm³/mol. The summed E-state index contributed by atoms with van der Waals surface area (Å²) in [6, 6.07) is 7.25. The topological polar surface area (TPSA) is 97.0 Å². The largest absolute Gasteiger partial charge is 0.394 e. The molecule has 2 aromatic heterocycles. The lowest BCUT2D eigenvalue weighted by Crippen LogP contribution is -2.19. The van der Waals surface area contributed by atoms with Gasteiger partial charge in [0.2, 0.25) is 0 Å². The Hall–Kier alpha value is -3.13. The molecule has 130 valence electrons. The average molecular weight is 340 g/mol. The molecule has 2 heterocycles. The molecule has 0 fully saturated rings. The molecule has 0 aliphatic rings. The lowest BCUT2D eigenvalue weighted by molar-refractivity contribution is 0.262. The molecule has 3 N–H and O–H groups in total. The zero-order chi connectivity index (χ0) is 17.6. The Labute approximate surface area is 145 Å². The number of hydrogen-bond donors (Lipinski definition) is 3. The maximum Gasteiger partial charge on any atom is 0.323 e. The number of aryl methyl sites for hydroxylation is 1. The number of urea groups is 1. The van der Waals surface area contributed by atoms with Crippen molar-refractivity contribution in [2.24, 2.45) is 0 Å². The van der Waals surface area contributed by atoms with Crippen LogP contribution in [0.15, 0.2) is 49.1 Å². The Bertz CT molecular complexity index is 837. The van der Waals surface area contributed by atoms with Crippen LogP contribution in [-0.4, -0.2) is 37.3 Å². The number of rotatable bonds is 6. The Balaban J connectivity index is 1.54. The summed E-state index contributed by atoms with van der Waals surface area (Å²) in [5.74, 6) is 0. The smallest absolute Gasteiger partial charge is 0.323 e. The van der Waals surface area contributed by atoms with E-state index in [0.29, 0.717) is 24.5 Å². The van der Waals surface area contributed by atoms with E-state index in [9.17, 15) is 4.79 Å². The van der Waals surface area contributed by atoms with Crippen LogP contribution in [0.5, 0.6) is 0 Å². The lowest BCUT2D eigenvalue weighted by atomic mass is 10.2. The fraction of sp³-hybridized carbons (Fsp3) is 0.235. The molecule has 8 nitrogen and oxygen atoms in total. The van der Waals surface area contributed by atoms with Crippen molar-refractivity contribution in [1.29, 1.82) is 0 Å². The number of hydrogen-bond acceptors (Lipinski definition) is 4. The van der Waals surface area contributed by atoms with Gasteiger partial charge in [0, 0.05) is 18.1 Å². The first-order chi connectivity index (χ1) is 12.1. The van der Waals surface area contributed by atoms with Crippen LogP contribution in [-0.2, 0) is 13.1 Å². The van der Waals surface area contributed by atoms with Crippen molar-refractivity contribution in [3.05, 3.63) is 60.2 Å². The molecular formula is C17H20N6O2.